The fraction of sp³-hybridized carbons (Fsp3) is 0.364. The molecule has 1 aromatic rings. The number of hydrogen-bond donors (Lipinski definition) is 2. The van der Waals surface area contributed by atoms with E-state index in [1.165, 1.54) is 4.90 Å². The van der Waals surface area contributed by atoms with E-state index in [1.807, 2.05) is 18.2 Å². The van der Waals surface area contributed by atoms with Crippen LogP contribution in [0.2, 0.25) is 0 Å². The number of aliphatic carboxylic acids is 1. The van der Waals surface area contributed by atoms with E-state index in [4.69, 9.17) is 5.11 Å². The van der Waals surface area contributed by atoms with E-state index in [0.29, 0.717) is 13.0 Å². The average Bonchev–Trinajstić information content (AvgIpc) is 2.34. The molecule has 0 aliphatic carbocycles. The minimum Gasteiger partial charge on any atom is -0.480 e. The van der Waals surface area contributed by atoms with Gasteiger partial charge in [0.15, 0.2) is 0 Å². The van der Waals surface area contributed by atoms with Crippen LogP contribution in [0.4, 0.5) is 4.79 Å². The van der Waals surface area contributed by atoms with Gasteiger partial charge in [-0.15, -0.1) is 0 Å². The number of carbonyl (C=O) groups is 2. The van der Waals surface area contributed by atoms with Gasteiger partial charge in [0.25, 0.3) is 0 Å². The number of nitrogens with zero attached hydrogens (tertiary/aromatic N) is 2. The van der Waals surface area contributed by atoms with Crippen LogP contribution in [0.5, 0.6) is 0 Å². The Hall–Kier alpha value is -2.11. The Balaban J connectivity index is 2.31. The SMILES string of the molecule is CN(CCc1ccccn1)C(=O)NCC(=O)O. The highest BCUT2D eigenvalue weighted by molar-refractivity contribution is 5.79. The summed E-state index contributed by atoms with van der Waals surface area (Å²) in [6.07, 6.45) is 2.33. The van der Waals surface area contributed by atoms with Crippen LogP contribution in [0.15, 0.2) is 24.4 Å². The molecule has 1 heterocycles. The van der Waals surface area contributed by atoms with Crippen molar-refractivity contribution in [3.8, 4) is 0 Å². The second-order valence-electron chi connectivity index (χ2n) is 3.55. The quantitative estimate of drug-likeness (QED) is 0.774. The number of carboxylic acids is 1. The van der Waals surface area contributed by atoms with E-state index in [9.17, 15) is 9.59 Å². The number of amides is 2. The lowest BCUT2D eigenvalue weighted by Crippen LogP contribution is -2.40. The van der Waals surface area contributed by atoms with Gasteiger partial charge in [0.05, 0.1) is 0 Å². The van der Waals surface area contributed by atoms with Crippen molar-refractivity contribution < 1.29 is 14.7 Å². The fourth-order valence-corrected chi connectivity index (χ4v) is 1.22. The smallest absolute Gasteiger partial charge is 0.323 e. The summed E-state index contributed by atoms with van der Waals surface area (Å²) >= 11 is 0. The van der Waals surface area contributed by atoms with Crippen molar-refractivity contribution >= 4 is 12.0 Å². The van der Waals surface area contributed by atoms with Crippen LogP contribution >= 0.6 is 0 Å². The van der Waals surface area contributed by atoms with Crippen molar-refractivity contribution in [1.29, 1.82) is 0 Å². The average molecular weight is 237 g/mol. The summed E-state index contributed by atoms with van der Waals surface area (Å²) < 4.78 is 0. The Kier molecular flexibility index (Phi) is 4.93. The van der Waals surface area contributed by atoms with Crippen LogP contribution in [0.25, 0.3) is 0 Å². The predicted octanol–water partition coefficient (Wildman–Crippen LogP) is 0.350. The molecule has 0 spiro atoms. The van der Waals surface area contributed by atoms with Crippen molar-refractivity contribution in [3.05, 3.63) is 30.1 Å². The molecular weight excluding hydrogens is 222 g/mol. The van der Waals surface area contributed by atoms with Crippen LogP contribution in [-0.4, -0.2) is 47.1 Å². The van der Waals surface area contributed by atoms with E-state index in [-0.39, 0.29) is 6.54 Å². The van der Waals surface area contributed by atoms with E-state index in [2.05, 4.69) is 10.3 Å². The summed E-state index contributed by atoms with van der Waals surface area (Å²) in [6, 6.07) is 5.19. The lowest BCUT2D eigenvalue weighted by molar-refractivity contribution is -0.135. The molecule has 0 fully saturated rings. The van der Waals surface area contributed by atoms with Crippen LogP contribution in [-0.2, 0) is 11.2 Å². The van der Waals surface area contributed by atoms with E-state index in [1.54, 1.807) is 13.2 Å². The molecule has 0 saturated carbocycles. The lowest BCUT2D eigenvalue weighted by atomic mass is 10.2. The number of carboxylic acid groups (broad SMARTS) is 1. The van der Waals surface area contributed by atoms with Gasteiger partial charge >= 0.3 is 12.0 Å². The second-order valence-corrected chi connectivity index (χ2v) is 3.55. The molecule has 0 aromatic carbocycles. The minimum absolute atomic E-state index is 0.368. The molecular formula is C11H15N3O3. The molecule has 6 heteroatoms. The normalized spacial score (nSPS) is 9.71. The molecule has 0 radical (unpaired) electrons. The molecule has 0 unspecified atom stereocenters. The summed E-state index contributed by atoms with van der Waals surface area (Å²) in [6.45, 7) is 0.120. The molecule has 6 nitrogen and oxygen atoms in total. The number of nitrogens with one attached hydrogen (secondary N) is 1. The van der Waals surface area contributed by atoms with Crippen LogP contribution < -0.4 is 5.32 Å². The molecule has 0 saturated heterocycles. The summed E-state index contributed by atoms with van der Waals surface area (Å²) in [5.41, 5.74) is 0.894. The first-order valence-corrected chi connectivity index (χ1v) is 5.20. The number of rotatable bonds is 5. The number of urea groups is 1. The van der Waals surface area contributed by atoms with Crippen molar-refractivity contribution in [2.45, 2.75) is 6.42 Å². The molecule has 2 amide bonds. The Morgan fingerprint density at radius 1 is 1.47 bits per heavy atom. The number of pyridine rings is 1. The summed E-state index contributed by atoms with van der Waals surface area (Å²) in [4.78, 5) is 27.2. The Morgan fingerprint density at radius 3 is 2.82 bits per heavy atom. The van der Waals surface area contributed by atoms with Gasteiger partial charge in [0, 0.05) is 31.9 Å². The summed E-state index contributed by atoms with van der Waals surface area (Å²) in [5, 5.41) is 10.7. The first-order valence-electron chi connectivity index (χ1n) is 5.20. The first-order chi connectivity index (χ1) is 8.09. The lowest BCUT2D eigenvalue weighted by Gasteiger charge is -2.16. The van der Waals surface area contributed by atoms with Gasteiger partial charge < -0.3 is 15.3 Å². The monoisotopic (exact) mass is 237 g/mol. The molecule has 0 atom stereocenters. The molecule has 1 rings (SSSR count). The van der Waals surface area contributed by atoms with Crippen LogP contribution in [0.3, 0.4) is 0 Å². The molecule has 17 heavy (non-hydrogen) atoms. The van der Waals surface area contributed by atoms with Gasteiger partial charge in [-0.05, 0) is 12.1 Å². The summed E-state index contributed by atoms with van der Waals surface area (Å²) in [5.74, 6) is -1.06. The Morgan fingerprint density at radius 2 is 2.24 bits per heavy atom. The minimum atomic E-state index is -1.06. The highest BCUT2D eigenvalue weighted by atomic mass is 16.4. The first kappa shape index (κ1) is 13.0. The third-order valence-electron chi connectivity index (χ3n) is 2.17. The van der Waals surface area contributed by atoms with Crippen LogP contribution in [0.1, 0.15) is 5.69 Å². The molecule has 92 valence electrons. The molecule has 2 N–H and O–H groups in total. The maximum atomic E-state index is 11.4. The molecule has 1 aromatic heterocycles. The van der Waals surface area contributed by atoms with Crippen molar-refractivity contribution in [2.24, 2.45) is 0 Å². The Bertz CT molecular complexity index is 381. The second kappa shape index (κ2) is 6.47. The van der Waals surface area contributed by atoms with Crippen molar-refractivity contribution in [2.75, 3.05) is 20.1 Å². The Labute approximate surface area is 99.3 Å². The van der Waals surface area contributed by atoms with Gasteiger partial charge in [0.1, 0.15) is 6.54 Å². The van der Waals surface area contributed by atoms with Crippen molar-refractivity contribution in [1.82, 2.24) is 15.2 Å². The van der Waals surface area contributed by atoms with Gasteiger partial charge in [0.2, 0.25) is 0 Å². The molecule has 0 aliphatic rings. The standard InChI is InChI=1S/C11H15N3O3/c1-14(11(17)13-8-10(15)16)7-5-9-4-2-3-6-12-9/h2-4,6H,5,7-8H2,1H3,(H,13,17)(H,15,16). The van der Waals surface area contributed by atoms with Gasteiger partial charge in [-0.1, -0.05) is 6.07 Å². The maximum absolute atomic E-state index is 11.4. The third kappa shape index (κ3) is 4.96. The number of carbonyl (C=O) groups excluding carboxylic acids is 1. The zero-order valence-corrected chi connectivity index (χ0v) is 9.59. The van der Waals surface area contributed by atoms with E-state index in [0.717, 1.165) is 5.69 Å². The zero-order valence-electron chi connectivity index (χ0n) is 9.59. The fourth-order valence-electron chi connectivity index (χ4n) is 1.22. The maximum Gasteiger partial charge on any atom is 0.323 e. The largest absolute Gasteiger partial charge is 0.480 e. The third-order valence-corrected chi connectivity index (χ3v) is 2.17. The van der Waals surface area contributed by atoms with E-state index < -0.39 is 12.0 Å². The van der Waals surface area contributed by atoms with Gasteiger partial charge in [-0.25, -0.2) is 4.79 Å². The highest BCUT2D eigenvalue weighted by Crippen LogP contribution is 1.96. The zero-order chi connectivity index (χ0) is 12.7. The topological polar surface area (TPSA) is 82.5 Å². The number of aromatic nitrogens is 1. The highest BCUT2D eigenvalue weighted by Gasteiger charge is 2.09. The molecule has 0 aliphatic heterocycles. The summed E-state index contributed by atoms with van der Waals surface area (Å²) in [7, 11) is 1.61. The molecule has 0 bridgehead atoms. The van der Waals surface area contributed by atoms with Crippen LogP contribution in [0, 0.1) is 0 Å². The van der Waals surface area contributed by atoms with E-state index >= 15 is 0 Å². The predicted molar refractivity (Wildman–Crippen MR) is 61.6 cm³/mol. The number of hydrogen-bond acceptors (Lipinski definition) is 3. The van der Waals surface area contributed by atoms with Gasteiger partial charge in [-0.3, -0.25) is 9.78 Å². The number of likely N-dealkylation sites (N-methyl/N-ethyl adjacent to an activating group) is 1. The van der Waals surface area contributed by atoms with Crippen molar-refractivity contribution in [3.63, 3.8) is 0 Å². The van der Waals surface area contributed by atoms with Gasteiger partial charge in [-0.2, -0.15) is 0 Å².